The summed E-state index contributed by atoms with van der Waals surface area (Å²) < 4.78 is 11.3. The van der Waals surface area contributed by atoms with Crippen molar-refractivity contribution in [3.8, 4) is 5.75 Å². The fraction of sp³-hybridized carbons (Fsp3) is 0.619. The SMILES string of the molecule is CC(ONC(=O)OC(C)(C)C)C1CCc2cc(C(N)=NC3CCNC3)ccc2O1. The number of hydrogen-bond donors (Lipinski definition) is 3. The molecule has 0 saturated carbocycles. The van der Waals surface area contributed by atoms with Crippen molar-refractivity contribution in [1.29, 1.82) is 0 Å². The third-order valence-corrected chi connectivity index (χ3v) is 4.94. The van der Waals surface area contributed by atoms with Crippen LogP contribution in [0.5, 0.6) is 5.75 Å². The van der Waals surface area contributed by atoms with Crippen molar-refractivity contribution in [3.05, 3.63) is 29.3 Å². The fourth-order valence-electron chi connectivity index (χ4n) is 3.44. The van der Waals surface area contributed by atoms with Crippen LogP contribution in [0.15, 0.2) is 23.2 Å². The van der Waals surface area contributed by atoms with Crippen molar-refractivity contribution in [3.63, 3.8) is 0 Å². The molecule has 3 atom stereocenters. The standard InChI is InChI=1S/C21H32N4O4/c1-13(29-25-20(26)28-21(2,3)4)17-7-5-14-11-15(6-8-18(14)27-17)19(22)24-16-9-10-23-12-16/h6,8,11,13,16-17,23H,5,7,9-10,12H2,1-4H3,(H2,22,24)(H,25,26). The quantitative estimate of drug-likeness (QED) is 0.395. The molecule has 1 fully saturated rings. The number of ether oxygens (including phenoxy) is 2. The van der Waals surface area contributed by atoms with Gasteiger partial charge in [0.05, 0.1) is 6.04 Å². The van der Waals surface area contributed by atoms with E-state index in [-0.39, 0.29) is 18.2 Å². The molecule has 0 aliphatic carbocycles. The number of aryl methyl sites for hydroxylation is 1. The van der Waals surface area contributed by atoms with Gasteiger partial charge in [-0.25, -0.2) is 4.79 Å². The minimum atomic E-state index is -0.613. The summed E-state index contributed by atoms with van der Waals surface area (Å²) in [4.78, 5) is 21.8. The molecule has 3 unspecified atom stereocenters. The number of nitrogens with one attached hydrogen (secondary N) is 2. The minimum absolute atomic E-state index is 0.168. The average Bonchev–Trinajstić information content (AvgIpc) is 3.16. The second-order valence-electron chi connectivity index (χ2n) is 8.61. The van der Waals surface area contributed by atoms with Gasteiger partial charge < -0.3 is 20.5 Å². The lowest BCUT2D eigenvalue weighted by atomic mass is 9.97. The molecule has 0 radical (unpaired) electrons. The van der Waals surface area contributed by atoms with E-state index in [1.54, 1.807) is 20.8 Å². The predicted octanol–water partition coefficient (Wildman–Crippen LogP) is 2.29. The number of amides is 1. The Morgan fingerprint density at radius 1 is 1.38 bits per heavy atom. The van der Waals surface area contributed by atoms with Gasteiger partial charge in [-0.3, -0.25) is 9.83 Å². The smallest absolute Gasteiger partial charge is 0.431 e. The van der Waals surface area contributed by atoms with Crippen LogP contribution in [0.1, 0.15) is 51.7 Å². The number of carbonyl (C=O) groups is 1. The zero-order valence-electron chi connectivity index (χ0n) is 17.7. The second-order valence-corrected chi connectivity index (χ2v) is 8.61. The third kappa shape index (κ3) is 6.08. The van der Waals surface area contributed by atoms with Crippen molar-refractivity contribution in [2.75, 3.05) is 13.1 Å². The zero-order valence-corrected chi connectivity index (χ0v) is 17.7. The summed E-state index contributed by atoms with van der Waals surface area (Å²) in [6, 6.07) is 6.17. The van der Waals surface area contributed by atoms with Crippen LogP contribution in [0.4, 0.5) is 4.79 Å². The van der Waals surface area contributed by atoms with Gasteiger partial charge in [-0.1, -0.05) is 0 Å². The highest BCUT2D eigenvalue weighted by atomic mass is 16.7. The molecule has 8 nitrogen and oxygen atoms in total. The van der Waals surface area contributed by atoms with Gasteiger partial charge in [-0.2, -0.15) is 5.48 Å². The Morgan fingerprint density at radius 2 is 2.17 bits per heavy atom. The highest BCUT2D eigenvalue weighted by molar-refractivity contribution is 5.98. The fourth-order valence-corrected chi connectivity index (χ4v) is 3.44. The lowest BCUT2D eigenvalue weighted by molar-refractivity contribution is -0.0775. The van der Waals surface area contributed by atoms with Gasteiger partial charge in [0.1, 0.15) is 29.4 Å². The van der Waals surface area contributed by atoms with E-state index in [1.165, 1.54) is 0 Å². The summed E-state index contributed by atoms with van der Waals surface area (Å²) in [6.45, 7) is 9.13. The number of amidine groups is 1. The average molecular weight is 405 g/mol. The van der Waals surface area contributed by atoms with Gasteiger partial charge in [0.25, 0.3) is 0 Å². The van der Waals surface area contributed by atoms with Crippen LogP contribution in [0, 0.1) is 0 Å². The van der Waals surface area contributed by atoms with Crippen LogP contribution in [-0.2, 0) is 16.0 Å². The van der Waals surface area contributed by atoms with Crippen LogP contribution in [0.25, 0.3) is 0 Å². The van der Waals surface area contributed by atoms with Crippen molar-refractivity contribution in [2.24, 2.45) is 10.7 Å². The van der Waals surface area contributed by atoms with Crippen molar-refractivity contribution < 1.29 is 19.1 Å². The molecule has 29 heavy (non-hydrogen) atoms. The first-order valence-corrected chi connectivity index (χ1v) is 10.2. The molecule has 1 aromatic carbocycles. The van der Waals surface area contributed by atoms with Gasteiger partial charge in [-0.05, 0) is 77.3 Å². The largest absolute Gasteiger partial charge is 0.487 e. The molecule has 0 spiro atoms. The number of fused-ring (bicyclic) bond motifs is 1. The maximum atomic E-state index is 11.7. The number of nitrogens with zero attached hydrogens (tertiary/aromatic N) is 1. The van der Waals surface area contributed by atoms with E-state index in [4.69, 9.17) is 20.0 Å². The number of aliphatic imine (C=N–C) groups is 1. The lowest BCUT2D eigenvalue weighted by Crippen LogP contribution is -2.41. The molecule has 2 heterocycles. The van der Waals surface area contributed by atoms with E-state index in [0.29, 0.717) is 5.84 Å². The highest BCUT2D eigenvalue weighted by Gasteiger charge is 2.27. The molecule has 1 amide bonds. The van der Waals surface area contributed by atoms with Gasteiger partial charge in [-0.15, -0.1) is 0 Å². The first-order valence-electron chi connectivity index (χ1n) is 10.2. The Kier molecular flexibility index (Phi) is 6.64. The molecule has 4 N–H and O–H groups in total. The summed E-state index contributed by atoms with van der Waals surface area (Å²) in [5.41, 5.74) is 10.00. The van der Waals surface area contributed by atoms with Gasteiger partial charge in [0.15, 0.2) is 0 Å². The summed E-state index contributed by atoms with van der Waals surface area (Å²) in [5, 5.41) is 3.29. The Balaban J connectivity index is 1.56. The van der Waals surface area contributed by atoms with Crippen LogP contribution in [0.2, 0.25) is 0 Å². The maximum absolute atomic E-state index is 11.7. The summed E-state index contributed by atoms with van der Waals surface area (Å²) in [5.74, 6) is 1.38. The Hall–Kier alpha value is -2.32. The van der Waals surface area contributed by atoms with Crippen molar-refractivity contribution in [1.82, 2.24) is 10.8 Å². The lowest BCUT2D eigenvalue weighted by Gasteiger charge is -2.30. The second kappa shape index (κ2) is 9.00. The van der Waals surface area contributed by atoms with E-state index in [2.05, 4.69) is 21.9 Å². The molecule has 1 saturated heterocycles. The van der Waals surface area contributed by atoms with Gasteiger partial charge >= 0.3 is 6.09 Å². The summed E-state index contributed by atoms with van der Waals surface area (Å²) >= 11 is 0. The van der Waals surface area contributed by atoms with E-state index in [9.17, 15) is 4.79 Å². The molecule has 2 aliphatic heterocycles. The van der Waals surface area contributed by atoms with Crippen LogP contribution >= 0.6 is 0 Å². The molecule has 160 valence electrons. The van der Waals surface area contributed by atoms with E-state index in [1.807, 2.05) is 19.1 Å². The van der Waals surface area contributed by atoms with E-state index >= 15 is 0 Å². The molecule has 0 bridgehead atoms. The van der Waals surface area contributed by atoms with E-state index < -0.39 is 11.7 Å². The van der Waals surface area contributed by atoms with Crippen LogP contribution in [-0.4, -0.2) is 48.9 Å². The number of rotatable bonds is 5. The zero-order chi connectivity index (χ0) is 21.0. The van der Waals surface area contributed by atoms with Crippen LogP contribution < -0.4 is 21.3 Å². The Labute approximate surface area is 172 Å². The minimum Gasteiger partial charge on any atom is -0.487 e. The predicted molar refractivity (Wildman–Crippen MR) is 111 cm³/mol. The highest BCUT2D eigenvalue weighted by Crippen LogP contribution is 2.30. The van der Waals surface area contributed by atoms with Crippen molar-refractivity contribution in [2.45, 2.75) is 70.8 Å². The Bertz CT molecular complexity index is 754. The molecule has 3 rings (SSSR count). The molecule has 0 aromatic heterocycles. The molecule has 2 aliphatic rings. The first-order chi connectivity index (χ1) is 13.7. The number of nitrogens with two attached hydrogens (primary N) is 1. The molecule has 8 heteroatoms. The molecular weight excluding hydrogens is 372 g/mol. The number of hydrogen-bond acceptors (Lipinski definition) is 6. The van der Waals surface area contributed by atoms with Crippen LogP contribution in [0.3, 0.4) is 0 Å². The normalized spacial score (nSPS) is 23.1. The van der Waals surface area contributed by atoms with E-state index in [0.717, 1.165) is 49.2 Å². The third-order valence-electron chi connectivity index (χ3n) is 4.94. The summed E-state index contributed by atoms with van der Waals surface area (Å²) in [6.07, 6.45) is 1.53. The summed E-state index contributed by atoms with van der Waals surface area (Å²) in [7, 11) is 0. The molecular formula is C21H32N4O4. The number of carbonyl (C=O) groups excluding carboxylic acids is 1. The molecule has 1 aromatic rings. The first kappa shape index (κ1) is 21.4. The van der Waals surface area contributed by atoms with Crippen molar-refractivity contribution >= 4 is 11.9 Å². The maximum Gasteiger partial charge on any atom is 0.431 e. The monoisotopic (exact) mass is 404 g/mol. The topological polar surface area (TPSA) is 107 Å². The van der Waals surface area contributed by atoms with Gasteiger partial charge in [0.2, 0.25) is 0 Å². The van der Waals surface area contributed by atoms with Gasteiger partial charge in [0, 0.05) is 12.1 Å². The number of hydroxylamine groups is 1. The number of benzene rings is 1. The Morgan fingerprint density at radius 3 is 2.86 bits per heavy atom.